The fourth-order valence-corrected chi connectivity index (χ4v) is 3.14. The van der Waals surface area contributed by atoms with Gasteiger partial charge >= 0.3 is 0 Å². The van der Waals surface area contributed by atoms with E-state index in [0.717, 1.165) is 17.7 Å². The first-order valence-corrected chi connectivity index (χ1v) is 8.53. The second-order valence-corrected chi connectivity index (χ2v) is 6.25. The number of anilines is 1. The fraction of sp³-hybridized carbons (Fsp3) is 0.250. The molecule has 1 aromatic heterocycles. The van der Waals surface area contributed by atoms with Crippen LogP contribution in [0.5, 0.6) is 0 Å². The molecule has 1 saturated heterocycles. The van der Waals surface area contributed by atoms with Crippen LogP contribution in [-0.4, -0.2) is 22.6 Å². The van der Waals surface area contributed by atoms with E-state index in [9.17, 15) is 4.79 Å². The van der Waals surface area contributed by atoms with Crippen molar-refractivity contribution in [3.63, 3.8) is 0 Å². The van der Waals surface area contributed by atoms with Crippen molar-refractivity contribution in [1.82, 2.24) is 10.1 Å². The van der Waals surface area contributed by atoms with Crippen LogP contribution in [0.2, 0.25) is 0 Å². The van der Waals surface area contributed by atoms with E-state index in [1.54, 1.807) is 4.90 Å². The van der Waals surface area contributed by atoms with Crippen molar-refractivity contribution in [3.05, 3.63) is 66.1 Å². The molecule has 0 N–H and O–H groups in total. The standard InChI is InChI=1S/C20H19N3O2/c1-2-14-8-10-17(11-9-14)23-13-16(12-18(23)24)20-21-19(22-25-20)15-6-4-3-5-7-15/h3-11,16H,2,12-13H2,1H3/t16-/m1/s1. The molecule has 126 valence electrons. The van der Waals surface area contributed by atoms with Crippen LogP contribution in [0.4, 0.5) is 5.69 Å². The van der Waals surface area contributed by atoms with Crippen LogP contribution < -0.4 is 4.90 Å². The second-order valence-electron chi connectivity index (χ2n) is 6.25. The second kappa shape index (κ2) is 6.51. The normalized spacial score (nSPS) is 17.2. The van der Waals surface area contributed by atoms with Crippen molar-refractivity contribution in [1.29, 1.82) is 0 Å². The molecule has 4 rings (SSSR count). The smallest absolute Gasteiger partial charge is 0.232 e. The quantitative estimate of drug-likeness (QED) is 0.728. The molecule has 3 aromatic rings. The Morgan fingerprint density at radius 3 is 2.60 bits per heavy atom. The molecule has 1 fully saturated rings. The Morgan fingerprint density at radius 1 is 1.12 bits per heavy atom. The van der Waals surface area contributed by atoms with Crippen LogP contribution >= 0.6 is 0 Å². The average molecular weight is 333 g/mol. The van der Waals surface area contributed by atoms with Gasteiger partial charge in [0.05, 0.1) is 5.92 Å². The molecule has 5 heteroatoms. The Morgan fingerprint density at radius 2 is 1.88 bits per heavy atom. The summed E-state index contributed by atoms with van der Waals surface area (Å²) in [4.78, 5) is 18.7. The van der Waals surface area contributed by atoms with Crippen LogP contribution in [0.1, 0.15) is 30.7 Å². The molecular formula is C20H19N3O2. The van der Waals surface area contributed by atoms with Crippen molar-refractivity contribution in [2.24, 2.45) is 0 Å². The largest absolute Gasteiger partial charge is 0.339 e. The molecule has 0 spiro atoms. The lowest BCUT2D eigenvalue weighted by Crippen LogP contribution is -2.24. The summed E-state index contributed by atoms with van der Waals surface area (Å²) in [6.45, 7) is 2.69. The van der Waals surface area contributed by atoms with E-state index >= 15 is 0 Å². The van der Waals surface area contributed by atoms with Gasteiger partial charge in [-0.1, -0.05) is 54.5 Å². The molecular weight excluding hydrogens is 314 g/mol. The van der Waals surface area contributed by atoms with Gasteiger partial charge in [0.25, 0.3) is 0 Å². The summed E-state index contributed by atoms with van der Waals surface area (Å²) < 4.78 is 5.43. The third kappa shape index (κ3) is 3.05. The first kappa shape index (κ1) is 15.6. The maximum Gasteiger partial charge on any atom is 0.232 e. The number of aromatic nitrogens is 2. The van der Waals surface area contributed by atoms with E-state index < -0.39 is 0 Å². The molecule has 1 aliphatic rings. The van der Waals surface area contributed by atoms with Gasteiger partial charge < -0.3 is 9.42 Å². The fourth-order valence-electron chi connectivity index (χ4n) is 3.14. The zero-order chi connectivity index (χ0) is 17.2. The van der Waals surface area contributed by atoms with Crippen LogP contribution in [0.25, 0.3) is 11.4 Å². The van der Waals surface area contributed by atoms with E-state index in [1.807, 2.05) is 42.5 Å². The predicted octanol–water partition coefficient (Wildman–Crippen LogP) is 3.82. The van der Waals surface area contributed by atoms with Crippen LogP contribution in [0, 0.1) is 0 Å². The van der Waals surface area contributed by atoms with Gasteiger partial charge in [0.15, 0.2) is 0 Å². The molecule has 25 heavy (non-hydrogen) atoms. The van der Waals surface area contributed by atoms with Crippen molar-refractivity contribution < 1.29 is 9.32 Å². The van der Waals surface area contributed by atoms with Crippen molar-refractivity contribution in [2.75, 3.05) is 11.4 Å². The van der Waals surface area contributed by atoms with E-state index in [2.05, 4.69) is 29.2 Å². The molecule has 0 saturated carbocycles. The summed E-state index contributed by atoms with van der Waals surface area (Å²) in [7, 11) is 0. The number of benzene rings is 2. The molecule has 1 aliphatic heterocycles. The van der Waals surface area contributed by atoms with E-state index in [-0.39, 0.29) is 11.8 Å². The summed E-state index contributed by atoms with van der Waals surface area (Å²) in [5, 5.41) is 4.06. The highest BCUT2D eigenvalue weighted by Crippen LogP contribution is 2.32. The lowest BCUT2D eigenvalue weighted by atomic mass is 10.1. The molecule has 2 aromatic carbocycles. The maximum absolute atomic E-state index is 12.4. The van der Waals surface area contributed by atoms with Gasteiger partial charge in [-0.3, -0.25) is 4.79 Å². The lowest BCUT2D eigenvalue weighted by molar-refractivity contribution is -0.117. The van der Waals surface area contributed by atoms with E-state index in [0.29, 0.717) is 24.7 Å². The Kier molecular flexibility index (Phi) is 4.06. The molecule has 1 amide bonds. The minimum atomic E-state index is -0.0664. The zero-order valence-electron chi connectivity index (χ0n) is 14.1. The van der Waals surface area contributed by atoms with Crippen LogP contribution in [0.15, 0.2) is 59.1 Å². The maximum atomic E-state index is 12.4. The van der Waals surface area contributed by atoms with Crippen LogP contribution in [-0.2, 0) is 11.2 Å². The third-order valence-corrected chi connectivity index (χ3v) is 4.60. The lowest BCUT2D eigenvalue weighted by Gasteiger charge is -2.16. The van der Waals surface area contributed by atoms with Crippen molar-refractivity contribution >= 4 is 11.6 Å². The molecule has 0 aliphatic carbocycles. The highest BCUT2D eigenvalue weighted by Gasteiger charge is 2.35. The van der Waals surface area contributed by atoms with Crippen molar-refractivity contribution in [2.45, 2.75) is 25.7 Å². The zero-order valence-corrected chi connectivity index (χ0v) is 14.1. The molecule has 1 atom stereocenters. The van der Waals surface area contributed by atoms with Crippen LogP contribution in [0.3, 0.4) is 0 Å². The summed E-state index contributed by atoms with van der Waals surface area (Å²) in [5.74, 6) is 1.12. The minimum absolute atomic E-state index is 0.0664. The molecule has 2 heterocycles. The van der Waals surface area contributed by atoms with Crippen molar-refractivity contribution in [3.8, 4) is 11.4 Å². The van der Waals surface area contributed by atoms with Gasteiger partial charge in [-0.05, 0) is 24.1 Å². The number of amides is 1. The molecule has 0 unspecified atom stereocenters. The molecule has 0 bridgehead atoms. The third-order valence-electron chi connectivity index (χ3n) is 4.60. The highest BCUT2D eigenvalue weighted by molar-refractivity contribution is 5.96. The Hall–Kier alpha value is -2.95. The Labute approximate surface area is 146 Å². The number of aryl methyl sites for hydroxylation is 1. The first-order chi connectivity index (χ1) is 12.2. The Balaban J connectivity index is 1.53. The van der Waals surface area contributed by atoms with Gasteiger partial charge in [0.2, 0.25) is 17.6 Å². The monoisotopic (exact) mass is 333 g/mol. The summed E-state index contributed by atoms with van der Waals surface area (Å²) >= 11 is 0. The van der Waals surface area contributed by atoms with Gasteiger partial charge in [0, 0.05) is 24.2 Å². The predicted molar refractivity (Wildman–Crippen MR) is 95.3 cm³/mol. The van der Waals surface area contributed by atoms with Gasteiger partial charge in [0.1, 0.15) is 0 Å². The summed E-state index contributed by atoms with van der Waals surface area (Å²) in [6, 6.07) is 17.8. The number of carbonyl (C=O) groups excluding carboxylic acids is 1. The van der Waals surface area contributed by atoms with E-state index in [1.165, 1.54) is 5.56 Å². The number of rotatable bonds is 4. The summed E-state index contributed by atoms with van der Waals surface area (Å²) in [6.07, 6.45) is 1.38. The van der Waals surface area contributed by atoms with Gasteiger partial charge in [-0.15, -0.1) is 0 Å². The minimum Gasteiger partial charge on any atom is -0.339 e. The number of hydrogen-bond donors (Lipinski definition) is 0. The number of carbonyl (C=O) groups is 1. The Bertz CT molecular complexity index is 871. The van der Waals surface area contributed by atoms with Gasteiger partial charge in [-0.25, -0.2) is 0 Å². The number of nitrogens with zero attached hydrogens (tertiary/aromatic N) is 3. The van der Waals surface area contributed by atoms with Gasteiger partial charge in [-0.2, -0.15) is 4.98 Å². The highest BCUT2D eigenvalue weighted by atomic mass is 16.5. The number of hydrogen-bond acceptors (Lipinski definition) is 4. The van der Waals surface area contributed by atoms with E-state index in [4.69, 9.17) is 4.52 Å². The topological polar surface area (TPSA) is 59.2 Å². The molecule has 0 radical (unpaired) electrons. The summed E-state index contributed by atoms with van der Waals surface area (Å²) in [5.41, 5.74) is 3.10. The average Bonchev–Trinajstić information content (AvgIpc) is 3.29. The SMILES string of the molecule is CCc1ccc(N2C[C@H](c3nc(-c4ccccc4)no3)CC2=O)cc1. The molecule has 5 nitrogen and oxygen atoms in total. The first-order valence-electron chi connectivity index (χ1n) is 8.53.